The van der Waals surface area contributed by atoms with E-state index in [0.29, 0.717) is 30.2 Å². The molecule has 2 heterocycles. The molecule has 3 aromatic rings. The Bertz CT molecular complexity index is 1090. The quantitative estimate of drug-likeness (QED) is 0.524. The van der Waals surface area contributed by atoms with Gasteiger partial charge < -0.3 is 10.4 Å². The Hall–Kier alpha value is -2.53. The van der Waals surface area contributed by atoms with Crippen LogP contribution < -0.4 is 5.32 Å². The first kappa shape index (κ1) is 22.2. The van der Waals surface area contributed by atoms with Gasteiger partial charge in [0.2, 0.25) is 10.0 Å². The van der Waals surface area contributed by atoms with Crippen LogP contribution >= 0.6 is 11.3 Å². The number of carbonyl (C=O) groups excluding carboxylic acids is 1. The topological polar surface area (TPSA) is 105 Å². The van der Waals surface area contributed by atoms with Gasteiger partial charge in [-0.3, -0.25) is 4.79 Å². The van der Waals surface area contributed by atoms with E-state index >= 15 is 0 Å². The Balaban J connectivity index is 1.81. The van der Waals surface area contributed by atoms with Crippen LogP contribution in [0.4, 0.5) is 5.82 Å². The number of amides is 1. The van der Waals surface area contributed by atoms with Crippen molar-refractivity contribution in [2.45, 2.75) is 25.3 Å². The van der Waals surface area contributed by atoms with Crippen molar-refractivity contribution in [2.75, 3.05) is 25.0 Å². The minimum absolute atomic E-state index is 0.119. The summed E-state index contributed by atoms with van der Waals surface area (Å²) in [6.45, 7) is 4.44. The Morgan fingerprint density at radius 1 is 1.20 bits per heavy atom. The van der Waals surface area contributed by atoms with Gasteiger partial charge in [-0.15, -0.1) is 11.3 Å². The normalized spacial score (nSPS) is 11.7. The second-order valence-corrected chi connectivity index (χ2v) is 9.29. The molecular weight excluding hydrogens is 424 g/mol. The van der Waals surface area contributed by atoms with Gasteiger partial charge in [0, 0.05) is 24.7 Å². The number of anilines is 1. The molecule has 0 spiro atoms. The van der Waals surface area contributed by atoms with Crippen LogP contribution in [0, 0.1) is 0 Å². The van der Waals surface area contributed by atoms with Crippen molar-refractivity contribution >= 4 is 33.1 Å². The average molecular weight is 449 g/mol. The van der Waals surface area contributed by atoms with E-state index in [4.69, 9.17) is 0 Å². The summed E-state index contributed by atoms with van der Waals surface area (Å²) in [4.78, 5) is 13.8. The molecule has 0 bridgehead atoms. The van der Waals surface area contributed by atoms with Crippen molar-refractivity contribution in [2.24, 2.45) is 0 Å². The first-order valence-electron chi connectivity index (χ1n) is 9.54. The lowest BCUT2D eigenvalue weighted by atomic mass is 10.2. The molecule has 0 fully saturated rings. The van der Waals surface area contributed by atoms with Crippen LogP contribution in [0.1, 0.15) is 24.2 Å². The van der Waals surface area contributed by atoms with Crippen LogP contribution in [0.3, 0.4) is 0 Å². The number of sulfonamides is 1. The lowest BCUT2D eigenvalue weighted by Crippen LogP contribution is -2.30. The van der Waals surface area contributed by atoms with E-state index in [1.165, 1.54) is 44.6 Å². The minimum Gasteiger partial charge on any atom is -0.394 e. The van der Waals surface area contributed by atoms with E-state index in [2.05, 4.69) is 10.4 Å². The summed E-state index contributed by atoms with van der Waals surface area (Å²) in [7, 11) is -3.58. The molecule has 160 valence electrons. The monoisotopic (exact) mass is 448 g/mol. The molecule has 1 aromatic carbocycles. The molecule has 0 aliphatic rings. The van der Waals surface area contributed by atoms with E-state index in [1.807, 2.05) is 17.5 Å². The number of hydrogen-bond acceptors (Lipinski definition) is 6. The third kappa shape index (κ3) is 4.62. The summed E-state index contributed by atoms with van der Waals surface area (Å²) >= 11 is 1.53. The second-order valence-electron chi connectivity index (χ2n) is 6.41. The maximum atomic E-state index is 12.7. The minimum atomic E-state index is -3.58. The third-order valence-electron chi connectivity index (χ3n) is 4.57. The van der Waals surface area contributed by atoms with Crippen LogP contribution in [0.15, 0.2) is 52.7 Å². The molecule has 2 aromatic heterocycles. The van der Waals surface area contributed by atoms with Crippen LogP contribution in [-0.2, 0) is 16.6 Å². The van der Waals surface area contributed by atoms with Crippen molar-refractivity contribution in [1.82, 2.24) is 14.1 Å². The fourth-order valence-electron chi connectivity index (χ4n) is 3.01. The molecule has 0 radical (unpaired) electrons. The number of rotatable bonds is 9. The molecule has 0 saturated heterocycles. The Morgan fingerprint density at radius 3 is 2.47 bits per heavy atom. The molecule has 10 heteroatoms. The zero-order chi connectivity index (χ0) is 21.7. The van der Waals surface area contributed by atoms with E-state index in [0.717, 1.165) is 4.88 Å². The number of benzene rings is 1. The van der Waals surface area contributed by atoms with Gasteiger partial charge in [-0.25, -0.2) is 13.1 Å². The van der Waals surface area contributed by atoms with Crippen LogP contribution in [0.2, 0.25) is 0 Å². The Kier molecular flexibility index (Phi) is 7.03. The number of nitrogens with zero attached hydrogens (tertiary/aromatic N) is 3. The van der Waals surface area contributed by atoms with Crippen molar-refractivity contribution in [3.63, 3.8) is 0 Å². The zero-order valence-corrected chi connectivity index (χ0v) is 18.4. The first-order chi connectivity index (χ1) is 14.4. The highest BCUT2D eigenvalue weighted by Crippen LogP contribution is 2.26. The van der Waals surface area contributed by atoms with Crippen LogP contribution in [0.25, 0.3) is 10.6 Å². The molecule has 2 N–H and O–H groups in total. The molecule has 8 nitrogen and oxygen atoms in total. The summed E-state index contributed by atoms with van der Waals surface area (Å²) < 4.78 is 28.1. The highest BCUT2D eigenvalue weighted by atomic mass is 32.2. The predicted molar refractivity (Wildman–Crippen MR) is 117 cm³/mol. The van der Waals surface area contributed by atoms with E-state index in [9.17, 15) is 18.3 Å². The van der Waals surface area contributed by atoms with Gasteiger partial charge in [0.25, 0.3) is 5.91 Å². The van der Waals surface area contributed by atoms with Gasteiger partial charge in [0.15, 0.2) is 0 Å². The van der Waals surface area contributed by atoms with Gasteiger partial charge in [0.1, 0.15) is 11.5 Å². The van der Waals surface area contributed by atoms with E-state index in [1.54, 1.807) is 19.9 Å². The van der Waals surface area contributed by atoms with E-state index in [-0.39, 0.29) is 18.0 Å². The summed E-state index contributed by atoms with van der Waals surface area (Å²) in [6, 6.07) is 11.4. The summed E-state index contributed by atoms with van der Waals surface area (Å²) in [5.41, 5.74) is 1.03. The number of aliphatic hydroxyl groups is 1. The van der Waals surface area contributed by atoms with Gasteiger partial charge in [-0.05, 0) is 35.7 Å². The standard InChI is InChI=1S/C20H24N4O4S2/c1-3-23(4-2)30(27,28)16-9-7-15(8-10-16)20(26)21-19-14-17(18-6-5-13-29-18)22-24(19)11-12-25/h5-10,13-14,25H,3-4,11-12H2,1-2H3,(H,21,26). The third-order valence-corrected chi connectivity index (χ3v) is 7.52. The molecule has 30 heavy (non-hydrogen) atoms. The van der Waals surface area contributed by atoms with Gasteiger partial charge >= 0.3 is 0 Å². The van der Waals surface area contributed by atoms with Crippen molar-refractivity contribution in [3.8, 4) is 10.6 Å². The molecule has 0 aliphatic heterocycles. The number of thiophene rings is 1. The molecule has 3 rings (SSSR count). The number of hydrogen-bond donors (Lipinski definition) is 2. The lowest BCUT2D eigenvalue weighted by molar-refractivity contribution is 0.102. The van der Waals surface area contributed by atoms with Crippen molar-refractivity contribution < 1.29 is 18.3 Å². The number of aromatic nitrogens is 2. The highest BCUT2D eigenvalue weighted by Gasteiger charge is 2.22. The first-order valence-corrected chi connectivity index (χ1v) is 11.9. The molecule has 1 amide bonds. The fourth-order valence-corrected chi connectivity index (χ4v) is 5.15. The molecule has 0 aliphatic carbocycles. The van der Waals surface area contributed by atoms with Crippen molar-refractivity contribution in [1.29, 1.82) is 0 Å². The summed E-state index contributed by atoms with van der Waals surface area (Å²) in [5, 5.41) is 18.5. The highest BCUT2D eigenvalue weighted by molar-refractivity contribution is 7.89. The largest absolute Gasteiger partial charge is 0.394 e. The SMILES string of the molecule is CCN(CC)S(=O)(=O)c1ccc(C(=O)Nc2cc(-c3cccs3)nn2CCO)cc1. The fraction of sp³-hybridized carbons (Fsp3) is 0.300. The Labute approximate surface area is 179 Å². The molecule has 0 atom stereocenters. The Morgan fingerprint density at radius 2 is 1.90 bits per heavy atom. The van der Waals surface area contributed by atoms with Gasteiger partial charge in [-0.2, -0.15) is 9.40 Å². The number of carbonyl (C=O) groups is 1. The van der Waals surface area contributed by atoms with Crippen molar-refractivity contribution in [3.05, 3.63) is 53.4 Å². The summed E-state index contributed by atoms with van der Waals surface area (Å²) in [6.07, 6.45) is 0. The second kappa shape index (κ2) is 9.52. The molecule has 0 saturated carbocycles. The van der Waals surface area contributed by atoms with Crippen LogP contribution in [0.5, 0.6) is 0 Å². The molecular formula is C20H24N4O4S2. The summed E-state index contributed by atoms with van der Waals surface area (Å²) in [5.74, 6) is 0.0656. The maximum Gasteiger partial charge on any atom is 0.256 e. The van der Waals surface area contributed by atoms with E-state index < -0.39 is 15.9 Å². The maximum absolute atomic E-state index is 12.7. The molecule has 0 unspecified atom stereocenters. The van der Waals surface area contributed by atoms with Gasteiger partial charge in [0.05, 0.1) is 22.9 Å². The zero-order valence-electron chi connectivity index (χ0n) is 16.8. The predicted octanol–water partition coefficient (Wildman–Crippen LogP) is 2.89. The number of nitrogens with one attached hydrogen (secondary N) is 1. The van der Waals surface area contributed by atoms with Crippen LogP contribution in [-0.4, -0.2) is 53.2 Å². The van der Waals surface area contributed by atoms with Gasteiger partial charge in [-0.1, -0.05) is 19.9 Å². The number of aliphatic hydroxyl groups excluding tert-OH is 1. The smallest absolute Gasteiger partial charge is 0.256 e. The average Bonchev–Trinajstić information content (AvgIpc) is 3.39. The lowest BCUT2D eigenvalue weighted by Gasteiger charge is -2.18.